The number of nitrogens with one attached hydrogen (secondary N) is 2. The van der Waals surface area contributed by atoms with Crippen LogP contribution in [0.3, 0.4) is 0 Å². The summed E-state index contributed by atoms with van der Waals surface area (Å²) in [4.78, 5) is 24.2. The molecule has 2 aromatic carbocycles. The minimum atomic E-state index is -0.601. The first kappa shape index (κ1) is 19.7. The minimum Gasteiger partial charge on any atom is -0.487 e. The monoisotopic (exact) mass is 512 g/mol. The van der Waals surface area contributed by atoms with Crippen LogP contribution >= 0.6 is 44.1 Å². The molecule has 27 heavy (non-hydrogen) atoms. The summed E-state index contributed by atoms with van der Waals surface area (Å²) in [5, 5.41) is 4.72. The highest BCUT2D eigenvalue weighted by Gasteiger charge is 2.26. The number of thiocarbonyl (C=S) groups is 1. The van der Waals surface area contributed by atoms with E-state index >= 15 is 0 Å². The fraction of sp³-hybridized carbons (Fsp3) is 0.0556. The van der Waals surface area contributed by atoms with Gasteiger partial charge in [0.15, 0.2) is 5.11 Å². The zero-order valence-corrected chi connectivity index (χ0v) is 17.5. The van der Waals surface area contributed by atoms with Crippen molar-refractivity contribution < 1.29 is 18.7 Å². The zero-order valence-electron chi connectivity index (χ0n) is 13.5. The summed E-state index contributed by atoms with van der Waals surface area (Å²) in [5.74, 6) is -1.16. The highest BCUT2D eigenvalue weighted by Crippen LogP contribution is 2.35. The standard InChI is InChI=1S/C18H11Br2FN2O3S/c19-11-5-10(6-13-16(24)22-18(27)23-17(13)25)15(14(20)7-11)26-8-9-2-1-3-12(21)4-9/h1-7H,8H2,(H2,22,23,24,25,27). The molecule has 1 saturated heterocycles. The van der Waals surface area contributed by atoms with Crippen LogP contribution in [-0.2, 0) is 16.2 Å². The number of ether oxygens (including phenoxy) is 1. The van der Waals surface area contributed by atoms with E-state index in [2.05, 4.69) is 42.5 Å². The third-order valence-electron chi connectivity index (χ3n) is 3.55. The van der Waals surface area contributed by atoms with Crippen molar-refractivity contribution in [2.24, 2.45) is 0 Å². The first-order valence-electron chi connectivity index (χ1n) is 7.58. The van der Waals surface area contributed by atoms with Crippen molar-refractivity contribution >= 4 is 67.1 Å². The molecule has 3 rings (SSSR count). The van der Waals surface area contributed by atoms with Crippen LogP contribution < -0.4 is 15.4 Å². The summed E-state index contributed by atoms with van der Waals surface area (Å²) < 4.78 is 20.5. The fourth-order valence-corrected chi connectivity index (χ4v) is 3.94. The van der Waals surface area contributed by atoms with Gasteiger partial charge in [0.1, 0.15) is 23.7 Å². The molecule has 1 aliphatic heterocycles. The molecular formula is C18H11Br2FN2O3S. The number of carbonyl (C=O) groups is 2. The Morgan fingerprint density at radius 2 is 1.81 bits per heavy atom. The molecule has 0 unspecified atom stereocenters. The van der Waals surface area contributed by atoms with E-state index in [-0.39, 0.29) is 23.1 Å². The quantitative estimate of drug-likeness (QED) is 0.370. The Hall–Kier alpha value is -2.10. The highest BCUT2D eigenvalue weighted by molar-refractivity contribution is 9.11. The molecular weight excluding hydrogens is 503 g/mol. The molecule has 1 heterocycles. The van der Waals surface area contributed by atoms with Crippen molar-refractivity contribution in [2.45, 2.75) is 6.61 Å². The van der Waals surface area contributed by atoms with Crippen LogP contribution in [-0.4, -0.2) is 16.9 Å². The van der Waals surface area contributed by atoms with Gasteiger partial charge in [-0.2, -0.15) is 0 Å². The van der Waals surface area contributed by atoms with Crippen molar-refractivity contribution in [3.05, 3.63) is 67.9 Å². The second-order valence-corrected chi connectivity index (χ2v) is 7.70. The highest BCUT2D eigenvalue weighted by atomic mass is 79.9. The SMILES string of the molecule is O=C1NC(=S)NC(=O)C1=Cc1cc(Br)cc(Br)c1OCc1cccc(F)c1. The first-order chi connectivity index (χ1) is 12.8. The number of rotatable bonds is 4. The van der Waals surface area contributed by atoms with Gasteiger partial charge in [-0.05, 0) is 64.1 Å². The van der Waals surface area contributed by atoms with Crippen LogP contribution in [0.4, 0.5) is 4.39 Å². The van der Waals surface area contributed by atoms with Crippen LogP contribution in [0, 0.1) is 5.82 Å². The second-order valence-electron chi connectivity index (χ2n) is 5.52. The number of halogens is 3. The van der Waals surface area contributed by atoms with Gasteiger partial charge in [0.05, 0.1) is 4.47 Å². The fourth-order valence-electron chi connectivity index (χ4n) is 2.38. The molecule has 5 nitrogen and oxygen atoms in total. The molecule has 2 amide bonds. The smallest absolute Gasteiger partial charge is 0.263 e. The van der Waals surface area contributed by atoms with Gasteiger partial charge in [-0.1, -0.05) is 28.1 Å². The number of hydrogen-bond donors (Lipinski definition) is 2. The lowest BCUT2D eigenvalue weighted by Crippen LogP contribution is -2.51. The van der Waals surface area contributed by atoms with E-state index in [0.29, 0.717) is 25.8 Å². The number of hydrogen-bond acceptors (Lipinski definition) is 4. The van der Waals surface area contributed by atoms with E-state index in [1.165, 1.54) is 18.2 Å². The molecule has 0 radical (unpaired) electrons. The van der Waals surface area contributed by atoms with E-state index in [9.17, 15) is 14.0 Å². The van der Waals surface area contributed by atoms with E-state index < -0.39 is 11.8 Å². The van der Waals surface area contributed by atoms with Gasteiger partial charge in [0.2, 0.25) is 0 Å². The normalized spacial score (nSPS) is 13.9. The molecule has 0 spiro atoms. The average molecular weight is 514 g/mol. The van der Waals surface area contributed by atoms with Gasteiger partial charge in [0, 0.05) is 10.0 Å². The molecule has 138 valence electrons. The van der Waals surface area contributed by atoms with E-state index in [0.717, 1.165) is 0 Å². The molecule has 0 saturated carbocycles. The third kappa shape index (κ3) is 4.79. The molecule has 1 fully saturated rings. The Labute approximate surface area is 176 Å². The lowest BCUT2D eigenvalue weighted by molar-refractivity contribution is -0.123. The largest absolute Gasteiger partial charge is 0.487 e. The van der Waals surface area contributed by atoms with Crippen molar-refractivity contribution in [1.82, 2.24) is 10.6 Å². The summed E-state index contributed by atoms with van der Waals surface area (Å²) in [5.41, 5.74) is 1.02. The van der Waals surface area contributed by atoms with Gasteiger partial charge in [-0.3, -0.25) is 20.2 Å². The van der Waals surface area contributed by atoms with Crippen LogP contribution in [0.15, 0.2) is 50.9 Å². The van der Waals surface area contributed by atoms with Crippen molar-refractivity contribution in [3.8, 4) is 5.75 Å². The Morgan fingerprint density at radius 1 is 1.11 bits per heavy atom. The number of benzene rings is 2. The molecule has 1 aliphatic rings. The Kier molecular flexibility index (Phi) is 6.03. The summed E-state index contributed by atoms with van der Waals surface area (Å²) >= 11 is 11.6. The summed E-state index contributed by atoms with van der Waals surface area (Å²) in [6.45, 7) is 0.108. The molecule has 0 aromatic heterocycles. The van der Waals surface area contributed by atoms with Gasteiger partial charge < -0.3 is 4.74 Å². The van der Waals surface area contributed by atoms with Crippen molar-refractivity contribution in [2.75, 3.05) is 0 Å². The van der Waals surface area contributed by atoms with Crippen molar-refractivity contribution in [3.63, 3.8) is 0 Å². The van der Waals surface area contributed by atoms with Crippen LogP contribution in [0.5, 0.6) is 5.75 Å². The molecule has 0 bridgehead atoms. The topological polar surface area (TPSA) is 67.4 Å². The molecule has 0 atom stereocenters. The molecule has 0 aliphatic carbocycles. The molecule has 2 N–H and O–H groups in total. The summed E-state index contributed by atoms with van der Waals surface area (Å²) in [6, 6.07) is 9.50. The maximum atomic E-state index is 13.4. The summed E-state index contributed by atoms with van der Waals surface area (Å²) in [7, 11) is 0. The predicted octanol–water partition coefficient (Wildman–Crippen LogP) is 3.84. The second kappa shape index (κ2) is 8.28. The maximum Gasteiger partial charge on any atom is 0.263 e. The van der Waals surface area contributed by atoms with E-state index in [1.54, 1.807) is 24.3 Å². The Morgan fingerprint density at radius 3 is 2.48 bits per heavy atom. The van der Waals surface area contributed by atoms with E-state index in [1.807, 2.05) is 0 Å². The van der Waals surface area contributed by atoms with Crippen LogP contribution in [0.2, 0.25) is 0 Å². The zero-order chi connectivity index (χ0) is 19.6. The Bertz CT molecular complexity index is 973. The van der Waals surface area contributed by atoms with Crippen molar-refractivity contribution in [1.29, 1.82) is 0 Å². The first-order valence-corrected chi connectivity index (χ1v) is 9.57. The number of carbonyl (C=O) groups excluding carboxylic acids is 2. The van der Waals surface area contributed by atoms with Crippen LogP contribution in [0.25, 0.3) is 6.08 Å². The lowest BCUT2D eigenvalue weighted by atomic mass is 10.1. The van der Waals surface area contributed by atoms with E-state index in [4.69, 9.17) is 17.0 Å². The van der Waals surface area contributed by atoms with Gasteiger partial charge in [0.25, 0.3) is 11.8 Å². The Balaban J connectivity index is 1.95. The molecule has 9 heteroatoms. The number of amides is 2. The third-order valence-corrected chi connectivity index (χ3v) is 4.80. The lowest BCUT2D eigenvalue weighted by Gasteiger charge is -2.17. The van der Waals surface area contributed by atoms with Gasteiger partial charge >= 0.3 is 0 Å². The average Bonchev–Trinajstić information content (AvgIpc) is 2.57. The minimum absolute atomic E-state index is 0.0415. The van der Waals surface area contributed by atoms with Gasteiger partial charge in [-0.25, -0.2) is 4.39 Å². The molecule has 2 aromatic rings. The maximum absolute atomic E-state index is 13.4. The van der Waals surface area contributed by atoms with Crippen LogP contribution in [0.1, 0.15) is 11.1 Å². The predicted molar refractivity (Wildman–Crippen MR) is 109 cm³/mol. The summed E-state index contributed by atoms with van der Waals surface area (Å²) in [6.07, 6.45) is 1.41. The van der Waals surface area contributed by atoms with Gasteiger partial charge in [-0.15, -0.1) is 0 Å².